The molecular formula is C14H24N2O3S. The second kappa shape index (κ2) is 5.30. The zero-order valence-corrected chi connectivity index (χ0v) is 12.9. The van der Waals surface area contributed by atoms with Crippen molar-refractivity contribution in [2.45, 2.75) is 44.6 Å². The van der Waals surface area contributed by atoms with E-state index >= 15 is 0 Å². The molecule has 0 unspecified atom stereocenters. The quantitative estimate of drug-likeness (QED) is 0.844. The molecule has 1 heterocycles. The van der Waals surface area contributed by atoms with Crippen molar-refractivity contribution < 1.29 is 13.2 Å². The minimum Gasteiger partial charge on any atom is -0.352 e. The third kappa shape index (κ3) is 2.86. The maximum atomic E-state index is 12.4. The van der Waals surface area contributed by atoms with Gasteiger partial charge in [0.05, 0.1) is 6.26 Å². The van der Waals surface area contributed by atoms with Crippen molar-refractivity contribution in [2.24, 2.45) is 17.8 Å². The summed E-state index contributed by atoms with van der Waals surface area (Å²) in [6.07, 6.45) is 7.71. The molecule has 0 radical (unpaired) electrons. The predicted octanol–water partition coefficient (Wildman–Crippen LogP) is 0.963. The number of piperidine rings is 1. The lowest BCUT2D eigenvalue weighted by molar-refractivity contribution is -0.127. The number of carbonyl (C=O) groups is 1. The first-order valence-corrected chi connectivity index (χ1v) is 9.54. The van der Waals surface area contributed by atoms with Gasteiger partial charge < -0.3 is 5.32 Å². The van der Waals surface area contributed by atoms with Gasteiger partial charge in [-0.15, -0.1) is 0 Å². The fourth-order valence-electron chi connectivity index (χ4n) is 4.24. The smallest absolute Gasteiger partial charge is 0.223 e. The molecule has 0 spiro atoms. The van der Waals surface area contributed by atoms with Gasteiger partial charge in [0.2, 0.25) is 15.9 Å². The monoisotopic (exact) mass is 300 g/mol. The molecule has 6 heteroatoms. The second-order valence-corrected chi connectivity index (χ2v) is 8.73. The molecule has 3 fully saturated rings. The number of nitrogens with one attached hydrogen (secondary N) is 1. The lowest BCUT2D eigenvalue weighted by atomic mass is 9.88. The minimum absolute atomic E-state index is 0.00917. The van der Waals surface area contributed by atoms with E-state index in [4.69, 9.17) is 0 Å². The third-order valence-electron chi connectivity index (χ3n) is 5.27. The van der Waals surface area contributed by atoms with Gasteiger partial charge in [0.15, 0.2) is 0 Å². The van der Waals surface area contributed by atoms with E-state index in [9.17, 15) is 13.2 Å². The standard InChI is InChI=1S/C14H24N2O3S/c1-20(18,19)16-6-2-3-12(9-16)15-14(17)13-8-10-4-5-11(13)7-10/h10-13H,2-9H2,1H3,(H,15,17)/t10-,11-,12+,13+/m0/s1. The van der Waals surface area contributed by atoms with Gasteiger partial charge in [-0.1, -0.05) is 6.42 Å². The molecule has 0 aromatic rings. The van der Waals surface area contributed by atoms with E-state index in [1.54, 1.807) is 0 Å². The molecule has 3 aliphatic rings. The molecular weight excluding hydrogens is 276 g/mol. The Bertz CT molecular complexity index is 491. The van der Waals surface area contributed by atoms with Crippen LogP contribution in [0.1, 0.15) is 38.5 Å². The first-order valence-electron chi connectivity index (χ1n) is 7.69. The highest BCUT2D eigenvalue weighted by Gasteiger charge is 2.43. The molecule has 1 amide bonds. The average Bonchev–Trinajstić information content (AvgIpc) is 3.00. The zero-order valence-electron chi connectivity index (χ0n) is 12.0. The van der Waals surface area contributed by atoms with Crippen LogP contribution in [0.25, 0.3) is 0 Å². The minimum atomic E-state index is -3.14. The predicted molar refractivity (Wildman–Crippen MR) is 76.5 cm³/mol. The average molecular weight is 300 g/mol. The highest BCUT2D eigenvalue weighted by Crippen LogP contribution is 2.48. The Balaban J connectivity index is 1.56. The molecule has 2 bridgehead atoms. The molecule has 5 nitrogen and oxygen atoms in total. The van der Waals surface area contributed by atoms with Crippen LogP contribution in [0.15, 0.2) is 0 Å². The molecule has 1 aliphatic heterocycles. The Morgan fingerprint density at radius 1 is 1.20 bits per heavy atom. The molecule has 3 rings (SSSR count). The van der Waals surface area contributed by atoms with Crippen LogP contribution in [0.2, 0.25) is 0 Å². The van der Waals surface area contributed by atoms with Crippen molar-refractivity contribution in [3.8, 4) is 0 Å². The number of rotatable bonds is 3. The lowest BCUT2D eigenvalue weighted by Gasteiger charge is -2.32. The Hall–Kier alpha value is -0.620. The van der Waals surface area contributed by atoms with E-state index in [1.807, 2.05) is 0 Å². The molecule has 114 valence electrons. The molecule has 1 N–H and O–H groups in total. The van der Waals surface area contributed by atoms with Crippen LogP contribution in [0, 0.1) is 17.8 Å². The van der Waals surface area contributed by atoms with Gasteiger partial charge in [0.25, 0.3) is 0 Å². The van der Waals surface area contributed by atoms with Gasteiger partial charge in [-0.3, -0.25) is 4.79 Å². The summed E-state index contributed by atoms with van der Waals surface area (Å²) in [5.41, 5.74) is 0. The van der Waals surface area contributed by atoms with Crippen LogP contribution < -0.4 is 5.32 Å². The summed E-state index contributed by atoms with van der Waals surface area (Å²) in [5.74, 6) is 1.68. The van der Waals surface area contributed by atoms with E-state index in [0.29, 0.717) is 19.0 Å². The number of hydrogen-bond donors (Lipinski definition) is 1. The summed E-state index contributed by atoms with van der Waals surface area (Å²) < 4.78 is 24.7. The van der Waals surface area contributed by atoms with Crippen LogP contribution in [-0.2, 0) is 14.8 Å². The maximum absolute atomic E-state index is 12.4. The SMILES string of the molecule is CS(=O)(=O)N1CCC[C@@H](NC(=O)[C@@H]2C[C@H]3CC[C@H]2C3)C1. The van der Waals surface area contributed by atoms with E-state index in [0.717, 1.165) is 25.2 Å². The summed E-state index contributed by atoms with van der Waals surface area (Å²) in [7, 11) is -3.14. The Morgan fingerprint density at radius 3 is 2.60 bits per heavy atom. The van der Waals surface area contributed by atoms with Crippen LogP contribution in [-0.4, -0.2) is 44.0 Å². The molecule has 0 aromatic carbocycles. The van der Waals surface area contributed by atoms with Crippen molar-refractivity contribution in [1.82, 2.24) is 9.62 Å². The zero-order chi connectivity index (χ0) is 14.3. The molecule has 2 saturated carbocycles. The van der Waals surface area contributed by atoms with Gasteiger partial charge in [-0.05, 0) is 43.9 Å². The van der Waals surface area contributed by atoms with Crippen LogP contribution in [0.5, 0.6) is 0 Å². The van der Waals surface area contributed by atoms with Crippen molar-refractivity contribution in [3.63, 3.8) is 0 Å². The number of hydrogen-bond acceptors (Lipinski definition) is 3. The summed E-state index contributed by atoms with van der Waals surface area (Å²) in [4.78, 5) is 12.4. The van der Waals surface area contributed by atoms with Crippen molar-refractivity contribution in [3.05, 3.63) is 0 Å². The summed E-state index contributed by atoms with van der Waals surface area (Å²) in [6.45, 7) is 1.02. The first kappa shape index (κ1) is 14.3. The van der Waals surface area contributed by atoms with Gasteiger partial charge in [0.1, 0.15) is 0 Å². The maximum Gasteiger partial charge on any atom is 0.223 e. The highest BCUT2D eigenvalue weighted by molar-refractivity contribution is 7.88. The van der Waals surface area contributed by atoms with E-state index in [1.165, 1.54) is 29.8 Å². The molecule has 20 heavy (non-hydrogen) atoms. The van der Waals surface area contributed by atoms with Gasteiger partial charge in [-0.25, -0.2) is 12.7 Å². The van der Waals surface area contributed by atoms with Gasteiger partial charge in [-0.2, -0.15) is 0 Å². The van der Waals surface area contributed by atoms with E-state index in [-0.39, 0.29) is 17.9 Å². The summed E-state index contributed by atoms with van der Waals surface area (Å²) >= 11 is 0. The topological polar surface area (TPSA) is 66.5 Å². The number of fused-ring (bicyclic) bond motifs is 2. The molecule has 4 atom stereocenters. The van der Waals surface area contributed by atoms with Gasteiger partial charge >= 0.3 is 0 Å². The number of amides is 1. The fraction of sp³-hybridized carbons (Fsp3) is 0.929. The van der Waals surface area contributed by atoms with Crippen molar-refractivity contribution in [1.29, 1.82) is 0 Å². The van der Waals surface area contributed by atoms with Crippen molar-refractivity contribution >= 4 is 15.9 Å². The Kier molecular flexibility index (Phi) is 3.79. The number of sulfonamides is 1. The number of nitrogens with zero attached hydrogens (tertiary/aromatic N) is 1. The lowest BCUT2D eigenvalue weighted by Crippen LogP contribution is -2.50. The summed E-state index contributed by atoms with van der Waals surface area (Å²) in [6, 6.07) is -0.00917. The third-order valence-corrected chi connectivity index (χ3v) is 6.54. The fourth-order valence-corrected chi connectivity index (χ4v) is 5.15. The Morgan fingerprint density at radius 2 is 2.00 bits per heavy atom. The Labute approximate surface area is 121 Å². The normalized spacial score (nSPS) is 38.0. The van der Waals surface area contributed by atoms with E-state index < -0.39 is 10.0 Å². The largest absolute Gasteiger partial charge is 0.352 e. The van der Waals surface area contributed by atoms with Crippen LogP contribution in [0.4, 0.5) is 0 Å². The highest BCUT2D eigenvalue weighted by atomic mass is 32.2. The van der Waals surface area contributed by atoms with Crippen LogP contribution >= 0.6 is 0 Å². The van der Waals surface area contributed by atoms with Crippen molar-refractivity contribution in [2.75, 3.05) is 19.3 Å². The van der Waals surface area contributed by atoms with E-state index in [2.05, 4.69) is 5.32 Å². The van der Waals surface area contributed by atoms with Crippen LogP contribution in [0.3, 0.4) is 0 Å². The first-order chi connectivity index (χ1) is 9.43. The molecule has 2 aliphatic carbocycles. The number of carbonyl (C=O) groups excluding carboxylic acids is 1. The summed E-state index contributed by atoms with van der Waals surface area (Å²) in [5, 5.41) is 3.10. The second-order valence-electron chi connectivity index (χ2n) is 6.75. The van der Waals surface area contributed by atoms with Gasteiger partial charge in [0, 0.05) is 25.0 Å². The molecule has 1 saturated heterocycles. The molecule has 0 aromatic heterocycles.